The first-order valence-electron chi connectivity index (χ1n) is 5.99. The van der Waals surface area contributed by atoms with Crippen LogP contribution in [0.15, 0.2) is 24.3 Å². The zero-order valence-electron chi connectivity index (χ0n) is 10.9. The van der Waals surface area contributed by atoms with E-state index in [2.05, 4.69) is 5.10 Å². The highest BCUT2D eigenvalue weighted by Crippen LogP contribution is 2.26. The molecule has 0 radical (unpaired) electrons. The maximum atomic E-state index is 13.3. The van der Waals surface area contributed by atoms with Crippen LogP contribution in [0.25, 0.3) is 11.3 Å². The Morgan fingerprint density at radius 3 is 2.84 bits per heavy atom. The van der Waals surface area contributed by atoms with Crippen molar-refractivity contribution in [2.75, 3.05) is 0 Å². The molecule has 0 bridgehead atoms. The highest BCUT2D eigenvalue weighted by Gasteiger charge is 2.15. The molecule has 0 aliphatic heterocycles. The summed E-state index contributed by atoms with van der Waals surface area (Å²) in [4.78, 5) is 10.6. The quantitative estimate of drug-likeness (QED) is 0.921. The second kappa shape index (κ2) is 5.22. The highest BCUT2D eigenvalue weighted by molar-refractivity contribution is 5.68. The topological polar surface area (TPSA) is 55.1 Å². The Morgan fingerprint density at radius 1 is 1.47 bits per heavy atom. The second-order valence-electron chi connectivity index (χ2n) is 4.45. The molecule has 0 unspecified atom stereocenters. The van der Waals surface area contributed by atoms with Crippen LogP contribution >= 0.6 is 0 Å². The molecule has 100 valence electrons. The van der Waals surface area contributed by atoms with E-state index in [1.54, 1.807) is 17.8 Å². The van der Waals surface area contributed by atoms with Crippen LogP contribution < -0.4 is 0 Å². The van der Waals surface area contributed by atoms with Crippen molar-refractivity contribution in [2.24, 2.45) is 7.05 Å². The van der Waals surface area contributed by atoms with Crippen molar-refractivity contribution in [3.63, 3.8) is 0 Å². The number of halogens is 1. The zero-order valence-corrected chi connectivity index (χ0v) is 10.9. The molecule has 5 heteroatoms. The number of hydrogen-bond acceptors (Lipinski definition) is 2. The van der Waals surface area contributed by atoms with Crippen LogP contribution in [0.3, 0.4) is 0 Å². The molecule has 2 rings (SSSR count). The number of carboxylic acids is 1. The average Bonchev–Trinajstić information content (AvgIpc) is 2.62. The molecule has 1 N–H and O–H groups in total. The molecule has 0 amide bonds. The summed E-state index contributed by atoms with van der Waals surface area (Å²) in [6, 6.07) is 6.30. The lowest BCUT2D eigenvalue weighted by atomic mass is 10.0. The number of nitrogens with zero attached hydrogens (tertiary/aromatic N) is 2. The summed E-state index contributed by atoms with van der Waals surface area (Å²) < 4.78 is 14.9. The molecule has 0 atom stereocenters. The molecule has 0 spiro atoms. The Labute approximate surface area is 110 Å². The fourth-order valence-electron chi connectivity index (χ4n) is 2.19. The summed E-state index contributed by atoms with van der Waals surface area (Å²) in [5, 5.41) is 13.0. The number of rotatable bonds is 4. The Kier molecular flexibility index (Phi) is 3.64. The van der Waals surface area contributed by atoms with Gasteiger partial charge >= 0.3 is 5.97 Å². The Morgan fingerprint density at radius 2 is 2.21 bits per heavy atom. The van der Waals surface area contributed by atoms with Gasteiger partial charge in [-0.2, -0.15) is 5.10 Å². The Bertz CT molecular complexity index is 620. The van der Waals surface area contributed by atoms with Gasteiger partial charge in [0.2, 0.25) is 0 Å². The fourth-order valence-corrected chi connectivity index (χ4v) is 2.19. The first kappa shape index (κ1) is 13.3. The smallest absolute Gasteiger partial charge is 0.303 e. The molecule has 0 aliphatic rings. The molecule has 1 aromatic carbocycles. The fraction of sp³-hybridized carbons (Fsp3) is 0.286. The maximum Gasteiger partial charge on any atom is 0.303 e. The third-order valence-electron chi connectivity index (χ3n) is 3.06. The van der Waals surface area contributed by atoms with Crippen molar-refractivity contribution in [3.8, 4) is 11.3 Å². The lowest BCUT2D eigenvalue weighted by Gasteiger charge is -2.03. The van der Waals surface area contributed by atoms with Crippen molar-refractivity contribution in [3.05, 3.63) is 41.3 Å². The van der Waals surface area contributed by atoms with E-state index in [0.717, 1.165) is 22.5 Å². The van der Waals surface area contributed by atoms with E-state index >= 15 is 0 Å². The van der Waals surface area contributed by atoms with Crippen LogP contribution in [0.4, 0.5) is 4.39 Å². The number of aromatic nitrogens is 2. The standard InChI is InChI=1S/C14H15FN2O2/c1-9-12(6-7-13(18)19)16-17(2)14(9)10-4-3-5-11(15)8-10/h3-5,8H,6-7H2,1-2H3,(H,18,19). The Balaban J connectivity index is 2.39. The van der Waals surface area contributed by atoms with Gasteiger partial charge in [0, 0.05) is 19.0 Å². The normalized spacial score (nSPS) is 10.7. The van der Waals surface area contributed by atoms with Gasteiger partial charge in [-0.25, -0.2) is 4.39 Å². The van der Waals surface area contributed by atoms with E-state index in [4.69, 9.17) is 5.11 Å². The summed E-state index contributed by atoms with van der Waals surface area (Å²) in [7, 11) is 1.78. The molecule has 2 aromatic rings. The van der Waals surface area contributed by atoms with Crippen molar-refractivity contribution in [1.82, 2.24) is 9.78 Å². The molecule has 1 heterocycles. The van der Waals surface area contributed by atoms with Crippen LogP contribution in [0.5, 0.6) is 0 Å². The predicted molar refractivity (Wildman–Crippen MR) is 69.3 cm³/mol. The van der Waals surface area contributed by atoms with Crippen molar-refractivity contribution in [1.29, 1.82) is 0 Å². The minimum atomic E-state index is -0.850. The van der Waals surface area contributed by atoms with Crippen LogP contribution in [0.2, 0.25) is 0 Å². The van der Waals surface area contributed by atoms with Crippen LogP contribution in [-0.2, 0) is 18.3 Å². The maximum absolute atomic E-state index is 13.3. The van der Waals surface area contributed by atoms with Crippen LogP contribution in [0.1, 0.15) is 17.7 Å². The van der Waals surface area contributed by atoms with Crippen molar-refractivity contribution >= 4 is 5.97 Å². The third-order valence-corrected chi connectivity index (χ3v) is 3.06. The molecular formula is C14H15FN2O2. The number of aliphatic carboxylic acids is 1. The van der Waals surface area contributed by atoms with E-state index in [0.29, 0.717) is 6.42 Å². The summed E-state index contributed by atoms with van der Waals surface area (Å²) in [5.74, 6) is -1.15. The minimum Gasteiger partial charge on any atom is -0.481 e. The van der Waals surface area contributed by atoms with Crippen molar-refractivity contribution in [2.45, 2.75) is 19.8 Å². The van der Waals surface area contributed by atoms with Gasteiger partial charge in [-0.15, -0.1) is 0 Å². The van der Waals surface area contributed by atoms with Crippen LogP contribution in [-0.4, -0.2) is 20.9 Å². The number of benzene rings is 1. The summed E-state index contributed by atoms with van der Waals surface area (Å²) in [5.41, 5.74) is 3.20. The zero-order chi connectivity index (χ0) is 14.0. The number of carbonyl (C=O) groups is 1. The molecule has 0 saturated carbocycles. The molecule has 0 fully saturated rings. The molecule has 19 heavy (non-hydrogen) atoms. The van der Waals surface area contributed by atoms with Gasteiger partial charge in [0.05, 0.1) is 17.8 Å². The predicted octanol–water partition coefficient (Wildman–Crippen LogP) is 2.55. The van der Waals surface area contributed by atoms with E-state index in [9.17, 15) is 9.18 Å². The highest BCUT2D eigenvalue weighted by atomic mass is 19.1. The van der Waals surface area contributed by atoms with Gasteiger partial charge in [0.25, 0.3) is 0 Å². The van der Waals surface area contributed by atoms with Gasteiger partial charge in [-0.05, 0) is 24.6 Å². The third kappa shape index (κ3) is 2.81. The lowest BCUT2D eigenvalue weighted by molar-refractivity contribution is -0.136. The molecule has 0 saturated heterocycles. The Hall–Kier alpha value is -2.17. The van der Waals surface area contributed by atoms with Gasteiger partial charge in [-0.3, -0.25) is 9.48 Å². The van der Waals surface area contributed by atoms with E-state index < -0.39 is 5.97 Å². The van der Waals surface area contributed by atoms with E-state index in [-0.39, 0.29) is 12.2 Å². The summed E-state index contributed by atoms with van der Waals surface area (Å²) in [6.45, 7) is 1.88. The molecule has 4 nitrogen and oxygen atoms in total. The lowest BCUT2D eigenvalue weighted by Crippen LogP contribution is -1.99. The summed E-state index contributed by atoms with van der Waals surface area (Å²) >= 11 is 0. The van der Waals surface area contributed by atoms with Crippen LogP contribution in [0, 0.1) is 12.7 Å². The minimum absolute atomic E-state index is 0.0421. The SMILES string of the molecule is Cc1c(CCC(=O)O)nn(C)c1-c1cccc(F)c1. The van der Waals surface area contributed by atoms with Crippen molar-refractivity contribution < 1.29 is 14.3 Å². The second-order valence-corrected chi connectivity index (χ2v) is 4.45. The first-order chi connectivity index (χ1) is 8.99. The largest absolute Gasteiger partial charge is 0.481 e. The molecular weight excluding hydrogens is 247 g/mol. The number of carboxylic acid groups (broad SMARTS) is 1. The monoisotopic (exact) mass is 262 g/mol. The summed E-state index contributed by atoms with van der Waals surface area (Å²) in [6.07, 6.45) is 0.421. The molecule has 1 aromatic heterocycles. The van der Waals surface area contributed by atoms with Gasteiger partial charge in [-0.1, -0.05) is 12.1 Å². The number of aryl methyl sites for hydroxylation is 2. The van der Waals surface area contributed by atoms with E-state index in [1.165, 1.54) is 12.1 Å². The van der Waals surface area contributed by atoms with E-state index in [1.807, 2.05) is 13.0 Å². The number of hydrogen-bond donors (Lipinski definition) is 1. The molecule has 0 aliphatic carbocycles. The van der Waals surface area contributed by atoms with Gasteiger partial charge in [0.15, 0.2) is 0 Å². The van der Waals surface area contributed by atoms with Gasteiger partial charge < -0.3 is 5.11 Å². The first-order valence-corrected chi connectivity index (χ1v) is 5.99. The average molecular weight is 262 g/mol. The van der Waals surface area contributed by atoms with Gasteiger partial charge in [0.1, 0.15) is 5.82 Å².